The summed E-state index contributed by atoms with van der Waals surface area (Å²) < 4.78 is 1.83. The Kier molecular flexibility index (Phi) is 4.98. The van der Waals surface area contributed by atoms with Gasteiger partial charge in [0.05, 0.1) is 23.9 Å². The van der Waals surface area contributed by atoms with E-state index < -0.39 is 0 Å². The van der Waals surface area contributed by atoms with E-state index in [0.717, 1.165) is 6.42 Å². The third-order valence-electron chi connectivity index (χ3n) is 2.75. The molecule has 0 aromatic carbocycles. The molecular formula is C12H22ClN3O. The van der Waals surface area contributed by atoms with E-state index in [9.17, 15) is 5.11 Å². The van der Waals surface area contributed by atoms with Gasteiger partial charge in [0.2, 0.25) is 0 Å². The van der Waals surface area contributed by atoms with Gasteiger partial charge in [-0.1, -0.05) is 25.4 Å². The fourth-order valence-corrected chi connectivity index (χ4v) is 2.31. The first kappa shape index (κ1) is 14.5. The Morgan fingerprint density at radius 2 is 2.18 bits per heavy atom. The lowest BCUT2D eigenvalue weighted by atomic mass is 9.93. The van der Waals surface area contributed by atoms with Gasteiger partial charge < -0.3 is 10.4 Å². The second-order valence-electron chi connectivity index (χ2n) is 5.21. The van der Waals surface area contributed by atoms with E-state index in [2.05, 4.69) is 31.2 Å². The first-order chi connectivity index (χ1) is 7.86. The highest BCUT2D eigenvalue weighted by molar-refractivity contribution is 6.30. The van der Waals surface area contributed by atoms with Crippen molar-refractivity contribution < 1.29 is 5.11 Å². The number of rotatable bonds is 6. The molecular weight excluding hydrogens is 238 g/mol. The Morgan fingerprint density at radius 1 is 1.53 bits per heavy atom. The Balaban J connectivity index is 2.67. The maximum Gasteiger partial charge on any atom is 0.0785 e. The molecule has 17 heavy (non-hydrogen) atoms. The lowest BCUT2D eigenvalue weighted by Crippen LogP contribution is -2.50. The van der Waals surface area contributed by atoms with Crippen LogP contribution in [0.1, 0.15) is 40.2 Å². The first-order valence-electron chi connectivity index (χ1n) is 5.94. The van der Waals surface area contributed by atoms with E-state index in [-0.39, 0.29) is 18.2 Å². The van der Waals surface area contributed by atoms with Crippen LogP contribution in [0.4, 0.5) is 0 Å². The number of aromatic nitrogens is 2. The van der Waals surface area contributed by atoms with Gasteiger partial charge in [0.15, 0.2) is 0 Å². The molecule has 0 aliphatic heterocycles. The van der Waals surface area contributed by atoms with E-state index in [0.29, 0.717) is 11.1 Å². The third kappa shape index (κ3) is 4.30. The molecule has 0 aliphatic rings. The molecule has 2 N–H and O–H groups in total. The van der Waals surface area contributed by atoms with Crippen molar-refractivity contribution in [1.29, 1.82) is 0 Å². The average molecular weight is 260 g/mol. The molecule has 0 fully saturated rings. The van der Waals surface area contributed by atoms with Crippen LogP contribution in [0, 0.1) is 0 Å². The molecule has 0 radical (unpaired) electrons. The summed E-state index contributed by atoms with van der Waals surface area (Å²) in [5.74, 6) is 0. The second kappa shape index (κ2) is 5.85. The summed E-state index contributed by atoms with van der Waals surface area (Å²) in [7, 11) is 0. The molecule has 5 heteroatoms. The molecule has 2 unspecified atom stereocenters. The van der Waals surface area contributed by atoms with Crippen LogP contribution in [0.25, 0.3) is 0 Å². The zero-order valence-electron chi connectivity index (χ0n) is 10.9. The predicted molar refractivity (Wildman–Crippen MR) is 70.3 cm³/mol. The summed E-state index contributed by atoms with van der Waals surface area (Å²) in [4.78, 5) is 0. The van der Waals surface area contributed by atoms with Crippen molar-refractivity contribution in [3.63, 3.8) is 0 Å². The highest BCUT2D eigenvalue weighted by Gasteiger charge is 2.27. The van der Waals surface area contributed by atoms with Gasteiger partial charge in [-0.25, -0.2) is 0 Å². The van der Waals surface area contributed by atoms with E-state index in [4.69, 9.17) is 11.6 Å². The second-order valence-corrected chi connectivity index (χ2v) is 5.65. The molecule has 1 rings (SSSR count). The largest absolute Gasteiger partial charge is 0.394 e. The topological polar surface area (TPSA) is 50.1 Å². The van der Waals surface area contributed by atoms with Gasteiger partial charge in [0, 0.05) is 17.8 Å². The SMILES string of the molecule is CC(C)NC(C)(CO)CC(C)n1cc(Cl)cn1. The van der Waals surface area contributed by atoms with Gasteiger partial charge >= 0.3 is 0 Å². The number of nitrogens with one attached hydrogen (secondary N) is 1. The number of hydrogen-bond donors (Lipinski definition) is 2. The molecule has 2 atom stereocenters. The van der Waals surface area contributed by atoms with Crippen molar-refractivity contribution in [1.82, 2.24) is 15.1 Å². The molecule has 1 heterocycles. The number of aliphatic hydroxyl groups is 1. The van der Waals surface area contributed by atoms with Gasteiger partial charge in [-0.05, 0) is 20.3 Å². The quantitative estimate of drug-likeness (QED) is 0.824. The molecule has 0 amide bonds. The Bertz CT molecular complexity index is 353. The van der Waals surface area contributed by atoms with Gasteiger partial charge in [-0.15, -0.1) is 0 Å². The highest BCUT2D eigenvalue weighted by atomic mass is 35.5. The Hall–Kier alpha value is -0.580. The number of halogens is 1. The van der Waals surface area contributed by atoms with Crippen molar-refractivity contribution in [2.75, 3.05) is 6.61 Å². The zero-order chi connectivity index (χ0) is 13.1. The van der Waals surface area contributed by atoms with E-state index >= 15 is 0 Å². The summed E-state index contributed by atoms with van der Waals surface area (Å²) in [5, 5.41) is 17.7. The minimum absolute atomic E-state index is 0.102. The van der Waals surface area contributed by atoms with Crippen molar-refractivity contribution in [2.24, 2.45) is 0 Å². The van der Waals surface area contributed by atoms with Crippen LogP contribution in [0.3, 0.4) is 0 Å². The molecule has 98 valence electrons. The molecule has 0 saturated carbocycles. The number of aliphatic hydroxyl groups excluding tert-OH is 1. The van der Waals surface area contributed by atoms with Crippen molar-refractivity contribution in [3.8, 4) is 0 Å². The summed E-state index contributed by atoms with van der Waals surface area (Å²) in [5.41, 5.74) is -0.300. The van der Waals surface area contributed by atoms with Crippen molar-refractivity contribution in [3.05, 3.63) is 17.4 Å². The summed E-state index contributed by atoms with van der Waals surface area (Å²) in [6, 6.07) is 0.520. The van der Waals surface area contributed by atoms with Crippen LogP contribution in [-0.2, 0) is 0 Å². The average Bonchev–Trinajstić information content (AvgIpc) is 2.63. The fourth-order valence-electron chi connectivity index (χ4n) is 2.17. The van der Waals surface area contributed by atoms with Gasteiger partial charge in [-0.2, -0.15) is 5.10 Å². The maximum atomic E-state index is 9.52. The maximum absolute atomic E-state index is 9.52. The molecule has 0 saturated heterocycles. The molecule has 1 aromatic rings. The minimum Gasteiger partial charge on any atom is -0.394 e. The zero-order valence-corrected chi connectivity index (χ0v) is 11.7. The van der Waals surface area contributed by atoms with E-state index in [1.807, 2.05) is 11.6 Å². The van der Waals surface area contributed by atoms with Crippen LogP contribution < -0.4 is 5.32 Å². The smallest absolute Gasteiger partial charge is 0.0785 e. The molecule has 0 bridgehead atoms. The summed E-state index contributed by atoms with van der Waals surface area (Å²) >= 11 is 5.85. The highest BCUT2D eigenvalue weighted by Crippen LogP contribution is 2.22. The minimum atomic E-state index is -0.300. The normalized spacial score (nSPS) is 17.1. The Morgan fingerprint density at radius 3 is 2.59 bits per heavy atom. The molecule has 0 spiro atoms. The van der Waals surface area contributed by atoms with Crippen molar-refractivity contribution in [2.45, 2.75) is 51.7 Å². The van der Waals surface area contributed by atoms with Crippen LogP contribution in [0.15, 0.2) is 12.4 Å². The monoisotopic (exact) mass is 259 g/mol. The van der Waals surface area contributed by atoms with Crippen molar-refractivity contribution >= 4 is 11.6 Å². The lowest BCUT2D eigenvalue weighted by Gasteiger charge is -2.33. The molecule has 4 nitrogen and oxygen atoms in total. The fraction of sp³-hybridized carbons (Fsp3) is 0.750. The molecule has 0 aliphatic carbocycles. The Labute approximate surface area is 108 Å². The van der Waals surface area contributed by atoms with Gasteiger partial charge in [-0.3, -0.25) is 4.68 Å². The lowest BCUT2D eigenvalue weighted by molar-refractivity contribution is 0.140. The number of nitrogens with zero attached hydrogens (tertiary/aromatic N) is 2. The third-order valence-corrected chi connectivity index (χ3v) is 2.95. The summed E-state index contributed by atoms with van der Waals surface area (Å²) in [6.07, 6.45) is 4.23. The van der Waals surface area contributed by atoms with Gasteiger partial charge in [0.1, 0.15) is 0 Å². The van der Waals surface area contributed by atoms with Crippen LogP contribution in [-0.4, -0.2) is 33.1 Å². The first-order valence-corrected chi connectivity index (χ1v) is 6.32. The van der Waals surface area contributed by atoms with Gasteiger partial charge in [0.25, 0.3) is 0 Å². The summed E-state index contributed by atoms with van der Waals surface area (Å²) in [6.45, 7) is 8.34. The molecule has 1 aromatic heterocycles. The predicted octanol–water partition coefficient (Wildman–Crippen LogP) is 2.24. The number of hydrogen-bond acceptors (Lipinski definition) is 3. The van der Waals surface area contributed by atoms with Crippen LogP contribution in [0.2, 0.25) is 5.02 Å². The van der Waals surface area contributed by atoms with Crippen LogP contribution in [0.5, 0.6) is 0 Å². The van der Waals surface area contributed by atoms with Crippen LogP contribution >= 0.6 is 11.6 Å². The van der Waals surface area contributed by atoms with E-state index in [1.165, 1.54) is 0 Å². The standard InChI is InChI=1S/C12H22ClN3O/c1-9(2)15-12(4,8-17)5-10(3)16-7-11(13)6-14-16/h6-7,9-10,15,17H,5,8H2,1-4H3. The van der Waals surface area contributed by atoms with E-state index in [1.54, 1.807) is 12.4 Å².